The number of rotatable bonds is 7. The standard InChI is InChI=1S/C25H27FN4O6S2/c1-15(2)4-7-17-14-30(13-16-5-8-18(26)9-6-16)25(32)22(23(17)31)24-27-20-11-10-19(28-37(3,33)34)12-21(20)38(35,36)29-24/h4-6,8-12,17,28,31H,7,13-14H2,1-3H3,(H,27,29). The second-order valence-corrected chi connectivity index (χ2v) is 12.7. The normalized spacial score (nSPS) is 18.8. The molecule has 2 aromatic carbocycles. The molecule has 0 aliphatic carbocycles. The molecule has 38 heavy (non-hydrogen) atoms. The van der Waals surface area contributed by atoms with Crippen molar-refractivity contribution in [1.82, 2.24) is 4.90 Å². The van der Waals surface area contributed by atoms with Gasteiger partial charge in [-0.1, -0.05) is 23.8 Å². The Kier molecular flexibility index (Phi) is 7.35. The van der Waals surface area contributed by atoms with Crippen molar-refractivity contribution >= 4 is 43.2 Å². The van der Waals surface area contributed by atoms with E-state index in [1.807, 2.05) is 19.9 Å². The Morgan fingerprint density at radius 2 is 1.92 bits per heavy atom. The highest BCUT2D eigenvalue weighted by Crippen LogP contribution is 2.35. The smallest absolute Gasteiger partial charge is 0.286 e. The maximum atomic E-state index is 13.6. The summed E-state index contributed by atoms with van der Waals surface area (Å²) < 4.78 is 68.7. The molecule has 0 aromatic heterocycles. The van der Waals surface area contributed by atoms with Gasteiger partial charge in [0.2, 0.25) is 10.0 Å². The number of fused-ring (bicyclic) bond motifs is 1. The highest BCUT2D eigenvalue weighted by Gasteiger charge is 2.39. The third-order valence-electron chi connectivity index (χ3n) is 5.95. The molecule has 0 radical (unpaired) electrons. The van der Waals surface area contributed by atoms with Gasteiger partial charge in [0.15, 0.2) is 5.84 Å². The van der Waals surface area contributed by atoms with Crippen molar-refractivity contribution in [2.24, 2.45) is 10.3 Å². The second-order valence-electron chi connectivity index (χ2n) is 9.41. The van der Waals surface area contributed by atoms with Gasteiger partial charge in [0.05, 0.1) is 11.9 Å². The number of aliphatic hydroxyl groups is 1. The van der Waals surface area contributed by atoms with Crippen LogP contribution in [0.3, 0.4) is 0 Å². The summed E-state index contributed by atoms with van der Waals surface area (Å²) in [6.45, 7) is 4.06. The number of amidine groups is 1. The van der Waals surface area contributed by atoms with Crippen LogP contribution in [0.1, 0.15) is 25.8 Å². The van der Waals surface area contributed by atoms with Crippen LogP contribution in [0.2, 0.25) is 0 Å². The van der Waals surface area contributed by atoms with Gasteiger partial charge in [0, 0.05) is 24.7 Å². The number of carbonyl (C=O) groups excluding carboxylic acids is 1. The van der Waals surface area contributed by atoms with Gasteiger partial charge in [0.1, 0.15) is 22.0 Å². The topological polar surface area (TPSA) is 145 Å². The minimum atomic E-state index is -4.37. The first kappa shape index (κ1) is 27.3. The van der Waals surface area contributed by atoms with E-state index in [4.69, 9.17) is 0 Å². The molecule has 0 bridgehead atoms. The van der Waals surface area contributed by atoms with Crippen LogP contribution in [-0.2, 0) is 31.4 Å². The van der Waals surface area contributed by atoms with E-state index in [0.29, 0.717) is 12.0 Å². The summed E-state index contributed by atoms with van der Waals surface area (Å²) in [5.74, 6) is -2.22. The van der Waals surface area contributed by atoms with Crippen LogP contribution in [0.25, 0.3) is 0 Å². The lowest BCUT2D eigenvalue weighted by Crippen LogP contribution is -2.45. The van der Waals surface area contributed by atoms with Crippen LogP contribution in [0.15, 0.2) is 74.7 Å². The lowest BCUT2D eigenvalue weighted by Gasteiger charge is -2.34. The van der Waals surface area contributed by atoms with Crippen molar-refractivity contribution in [3.05, 3.63) is 76.8 Å². The van der Waals surface area contributed by atoms with E-state index in [2.05, 4.69) is 14.4 Å². The Bertz CT molecular complexity index is 1590. The number of anilines is 2. The number of nitrogens with zero attached hydrogens (tertiary/aromatic N) is 2. The van der Waals surface area contributed by atoms with Gasteiger partial charge in [-0.3, -0.25) is 9.52 Å². The first-order valence-corrected chi connectivity index (χ1v) is 14.9. The number of nitrogens with one attached hydrogen (secondary N) is 2. The quantitative estimate of drug-likeness (QED) is 0.438. The van der Waals surface area contributed by atoms with Crippen LogP contribution in [0.4, 0.5) is 15.8 Å². The Hall–Kier alpha value is -3.71. The van der Waals surface area contributed by atoms with Crippen LogP contribution in [0.5, 0.6) is 0 Å². The monoisotopic (exact) mass is 562 g/mol. The predicted octanol–water partition coefficient (Wildman–Crippen LogP) is 3.54. The maximum Gasteiger partial charge on any atom is 0.286 e. The Balaban J connectivity index is 1.74. The first-order chi connectivity index (χ1) is 17.7. The number of sulfonamides is 2. The maximum absolute atomic E-state index is 13.6. The number of aliphatic hydroxyl groups excluding tert-OH is 1. The molecule has 13 heteroatoms. The summed E-state index contributed by atoms with van der Waals surface area (Å²) in [7, 11) is -8.02. The summed E-state index contributed by atoms with van der Waals surface area (Å²) >= 11 is 0. The molecule has 2 aliphatic heterocycles. The molecule has 0 fully saturated rings. The fraction of sp³-hybridized carbons (Fsp3) is 0.280. The fourth-order valence-electron chi connectivity index (χ4n) is 4.18. The van der Waals surface area contributed by atoms with Gasteiger partial charge in [-0.25, -0.2) is 12.8 Å². The minimum Gasteiger partial charge on any atom is -0.511 e. The van der Waals surface area contributed by atoms with Crippen LogP contribution in [0, 0.1) is 11.7 Å². The summed E-state index contributed by atoms with van der Waals surface area (Å²) in [5.41, 5.74) is 1.48. The molecular formula is C25H27FN4O6S2. The van der Waals surface area contributed by atoms with E-state index in [0.717, 1.165) is 17.9 Å². The van der Waals surface area contributed by atoms with Gasteiger partial charge in [-0.05, 0) is 56.2 Å². The molecule has 2 heterocycles. The molecule has 10 nitrogen and oxygen atoms in total. The molecule has 1 amide bonds. The number of allylic oxidation sites excluding steroid dienone is 2. The molecule has 4 rings (SSSR count). The summed E-state index contributed by atoms with van der Waals surface area (Å²) in [5, 5.41) is 13.9. The van der Waals surface area contributed by atoms with E-state index >= 15 is 0 Å². The number of carbonyl (C=O) groups is 1. The Morgan fingerprint density at radius 3 is 2.55 bits per heavy atom. The van der Waals surface area contributed by atoms with Crippen molar-refractivity contribution in [1.29, 1.82) is 0 Å². The average Bonchev–Trinajstić information content (AvgIpc) is 2.80. The van der Waals surface area contributed by atoms with Gasteiger partial charge < -0.3 is 15.3 Å². The van der Waals surface area contributed by atoms with E-state index in [9.17, 15) is 31.1 Å². The number of amides is 1. The number of benzene rings is 2. The Labute approximate surface area is 220 Å². The van der Waals surface area contributed by atoms with E-state index in [1.54, 1.807) is 12.1 Å². The largest absolute Gasteiger partial charge is 0.511 e. The zero-order valence-corrected chi connectivity index (χ0v) is 22.5. The molecular weight excluding hydrogens is 535 g/mol. The predicted molar refractivity (Wildman–Crippen MR) is 142 cm³/mol. The van der Waals surface area contributed by atoms with Gasteiger partial charge in [0.25, 0.3) is 15.9 Å². The highest BCUT2D eigenvalue weighted by molar-refractivity contribution is 7.92. The molecule has 0 saturated carbocycles. The highest BCUT2D eigenvalue weighted by atomic mass is 32.2. The van der Waals surface area contributed by atoms with E-state index in [-0.39, 0.29) is 46.5 Å². The molecule has 2 aliphatic rings. The summed E-state index contributed by atoms with van der Waals surface area (Å²) in [4.78, 5) is 14.7. The van der Waals surface area contributed by atoms with Crippen LogP contribution < -0.4 is 10.0 Å². The van der Waals surface area contributed by atoms with Crippen molar-refractivity contribution in [2.75, 3.05) is 22.8 Å². The van der Waals surface area contributed by atoms with Gasteiger partial charge >= 0.3 is 0 Å². The molecule has 1 unspecified atom stereocenters. The van der Waals surface area contributed by atoms with Crippen LogP contribution >= 0.6 is 0 Å². The average molecular weight is 563 g/mol. The lowest BCUT2D eigenvalue weighted by atomic mass is 9.91. The Morgan fingerprint density at radius 1 is 1.24 bits per heavy atom. The van der Waals surface area contributed by atoms with Crippen molar-refractivity contribution in [2.45, 2.75) is 31.7 Å². The minimum absolute atomic E-state index is 0.0262. The van der Waals surface area contributed by atoms with Crippen molar-refractivity contribution in [3.8, 4) is 0 Å². The SMILES string of the molecule is CC(C)=CCC1CN(Cc2ccc(F)cc2)C(=O)C(C2=NS(=O)(=O)c3cc(NS(C)(=O)=O)ccc3N2)=C1O. The third-order valence-corrected chi connectivity index (χ3v) is 7.87. The first-order valence-electron chi connectivity index (χ1n) is 11.6. The zero-order valence-electron chi connectivity index (χ0n) is 20.9. The molecule has 2 aromatic rings. The van der Waals surface area contributed by atoms with E-state index < -0.39 is 37.7 Å². The molecule has 1 atom stereocenters. The molecule has 3 N–H and O–H groups in total. The number of hydrogen-bond acceptors (Lipinski definition) is 7. The van der Waals surface area contributed by atoms with E-state index in [1.165, 1.54) is 29.2 Å². The summed E-state index contributed by atoms with van der Waals surface area (Å²) in [6.07, 6.45) is 3.23. The van der Waals surface area contributed by atoms with Crippen LogP contribution in [-0.4, -0.2) is 51.4 Å². The lowest BCUT2D eigenvalue weighted by molar-refractivity contribution is -0.129. The molecule has 0 spiro atoms. The number of hydrogen-bond donors (Lipinski definition) is 3. The molecule has 202 valence electrons. The number of halogens is 1. The summed E-state index contributed by atoms with van der Waals surface area (Å²) in [6, 6.07) is 9.48. The second kappa shape index (κ2) is 10.2. The van der Waals surface area contributed by atoms with Gasteiger partial charge in [-0.15, -0.1) is 4.40 Å². The van der Waals surface area contributed by atoms with Gasteiger partial charge in [-0.2, -0.15) is 8.42 Å². The van der Waals surface area contributed by atoms with Crippen molar-refractivity contribution in [3.63, 3.8) is 0 Å². The molecule has 0 saturated heterocycles. The van der Waals surface area contributed by atoms with Crippen molar-refractivity contribution < 1.29 is 31.1 Å². The fourth-order valence-corrected chi connectivity index (χ4v) is 5.89. The third kappa shape index (κ3) is 6.05. The zero-order chi connectivity index (χ0) is 27.8.